The van der Waals surface area contributed by atoms with E-state index in [2.05, 4.69) is 10.2 Å². The average Bonchev–Trinajstić information content (AvgIpc) is 3.12. The van der Waals surface area contributed by atoms with Crippen LogP contribution in [0.3, 0.4) is 0 Å². The molecule has 0 amide bonds. The van der Waals surface area contributed by atoms with Crippen molar-refractivity contribution in [3.63, 3.8) is 0 Å². The van der Waals surface area contributed by atoms with Crippen LogP contribution in [0.5, 0.6) is 11.6 Å². The number of methoxy groups -OCH3 is 1. The molecule has 2 aliphatic rings. The predicted octanol–water partition coefficient (Wildman–Crippen LogP) is 4.34. The van der Waals surface area contributed by atoms with Gasteiger partial charge in [0, 0.05) is 22.3 Å². The van der Waals surface area contributed by atoms with Crippen LogP contribution in [-0.2, 0) is 11.3 Å². The Morgan fingerprint density at radius 2 is 2.00 bits per heavy atom. The number of H-pyrrole nitrogens is 1. The van der Waals surface area contributed by atoms with Crippen LogP contribution >= 0.6 is 11.6 Å². The van der Waals surface area contributed by atoms with E-state index in [-0.39, 0.29) is 11.8 Å². The van der Waals surface area contributed by atoms with Crippen molar-refractivity contribution in [2.24, 2.45) is 10.7 Å². The number of ether oxygens (including phenoxy) is 3. The third kappa shape index (κ3) is 2.98. The average molecular weight is 423 g/mol. The van der Waals surface area contributed by atoms with Crippen LogP contribution in [-0.4, -0.2) is 23.2 Å². The number of benzene rings is 2. The molecule has 2 aromatic carbocycles. The van der Waals surface area contributed by atoms with Gasteiger partial charge in [-0.3, -0.25) is 5.10 Å². The van der Waals surface area contributed by atoms with Crippen molar-refractivity contribution < 1.29 is 14.2 Å². The van der Waals surface area contributed by atoms with Crippen molar-refractivity contribution in [2.45, 2.75) is 19.4 Å². The molecule has 0 aliphatic carbocycles. The highest BCUT2D eigenvalue weighted by Gasteiger charge is 2.41. The number of aliphatic imine (C=N–C) groups is 1. The lowest BCUT2D eigenvalue weighted by Gasteiger charge is -2.31. The number of halogens is 1. The number of aromatic amines is 1. The highest BCUT2D eigenvalue weighted by atomic mass is 35.5. The first-order chi connectivity index (χ1) is 14.5. The quantitative estimate of drug-likeness (QED) is 0.654. The third-order valence-corrected chi connectivity index (χ3v) is 5.55. The lowest BCUT2D eigenvalue weighted by atomic mass is 9.81. The van der Waals surface area contributed by atoms with E-state index < -0.39 is 0 Å². The van der Waals surface area contributed by atoms with Gasteiger partial charge in [-0.25, -0.2) is 4.99 Å². The SMILES string of the molecule is COc1ccc2c(c1)N=C(OCc1ccc(Cl)cc1)C1=C(N)Oc3n[nH]c(C)c3C12. The molecule has 30 heavy (non-hydrogen) atoms. The largest absolute Gasteiger partial charge is 0.497 e. The summed E-state index contributed by atoms with van der Waals surface area (Å²) in [7, 11) is 1.63. The summed E-state index contributed by atoms with van der Waals surface area (Å²) >= 11 is 5.98. The van der Waals surface area contributed by atoms with E-state index >= 15 is 0 Å². The smallest absolute Gasteiger partial charge is 0.244 e. The molecule has 1 aromatic heterocycles. The Hall–Kier alpha value is -3.45. The van der Waals surface area contributed by atoms with E-state index in [1.807, 2.05) is 49.4 Å². The molecule has 7 nitrogen and oxygen atoms in total. The molecule has 152 valence electrons. The van der Waals surface area contributed by atoms with Crippen molar-refractivity contribution in [1.29, 1.82) is 0 Å². The summed E-state index contributed by atoms with van der Waals surface area (Å²) in [6, 6.07) is 13.3. The minimum absolute atomic E-state index is 0.203. The summed E-state index contributed by atoms with van der Waals surface area (Å²) in [4.78, 5) is 4.75. The first-order valence-corrected chi connectivity index (χ1v) is 9.79. The molecule has 3 N–H and O–H groups in total. The molecule has 0 spiro atoms. The van der Waals surface area contributed by atoms with Crippen LogP contribution in [0.15, 0.2) is 58.9 Å². The summed E-state index contributed by atoms with van der Waals surface area (Å²) in [6.45, 7) is 2.27. The molecule has 5 rings (SSSR count). The summed E-state index contributed by atoms with van der Waals surface area (Å²) in [6.07, 6.45) is 0. The van der Waals surface area contributed by atoms with Gasteiger partial charge < -0.3 is 19.9 Å². The van der Waals surface area contributed by atoms with Crippen LogP contribution in [0.25, 0.3) is 0 Å². The van der Waals surface area contributed by atoms with Crippen LogP contribution in [0.4, 0.5) is 5.69 Å². The van der Waals surface area contributed by atoms with Crippen molar-refractivity contribution in [3.8, 4) is 11.6 Å². The second kappa shape index (κ2) is 7.11. The third-order valence-electron chi connectivity index (χ3n) is 5.30. The Labute approximate surface area is 178 Å². The number of aryl methyl sites for hydroxylation is 1. The molecule has 0 saturated carbocycles. The molecule has 1 unspecified atom stereocenters. The van der Waals surface area contributed by atoms with E-state index in [4.69, 9.17) is 36.5 Å². The van der Waals surface area contributed by atoms with Gasteiger partial charge in [-0.1, -0.05) is 29.8 Å². The van der Waals surface area contributed by atoms with E-state index in [0.717, 1.165) is 28.1 Å². The van der Waals surface area contributed by atoms with E-state index in [1.54, 1.807) is 7.11 Å². The molecule has 3 heterocycles. The Morgan fingerprint density at radius 3 is 2.77 bits per heavy atom. The van der Waals surface area contributed by atoms with Crippen molar-refractivity contribution >= 4 is 23.2 Å². The molecule has 3 aromatic rings. The molecule has 0 fully saturated rings. The highest BCUT2D eigenvalue weighted by Crippen LogP contribution is 2.49. The van der Waals surface area contributed by atoms with Crippen molar-refractivity contribution in [1.82, 2.24) is 10.2 Å². The van der Waals surface area contributed by atoms with Crippen LogP contribution < -0.4 is 15.2 Å². The predicted molar refractivity (Wildman–Crippen MR) is 113 cm³/mol. The van der Waals surface area contributed by atoms with Gasteiger partial charge >= 0.3 is 0 Å². The lowest BCUT2D eigenvalue weighted by Crippen LogP contribution is -2.29. The molecule has 1 atom stereocenters. The Bertz CT molecular complexity index is 1200. The van der Waals surface area contributed by atoms with Gasteiger partial charge in [0.25, 0.3) is 0 Å². The summed E-state index contributed by atoms with van der Waals surface area (Å²) in [5.74, 6) is 1.63. The maximum Gasteiger partial charge on any atom is 0.244 e. The number of nitrogens with one attached hydrogen (secondary N) is 1. The van der Waals surface area contributed by atoms with Crippen LogP contribution in [0.2, 0.25) is 5.02 Å². The van der Waals surface area contributed by atoms with Crippen molar-refractivity contribution in [2.75, 3.05) is 7.11 Å². The second-order valence-electron chi connectivity index (χ2n) is 7.14. The van der Waals surface area contributed by atoms with E-state index in [1.165, 1.54) is 0 Å². The number of hydrogen-bond acceptors (Lipinski definition) is 6. The number of aromatic nitrogens is 2. The molecule has 2 aliphatic heterocycles. The maximum atomic E-state index is 6.31. The fraction of sp³-hybridized carbons (Fsp3) is 0.182. The van der Waals surface area contributed by atoms with Crippen LogP contribution in [0, 0.1) is 6.92 Å². The number of fused-ring (bicyclic) bond motifs is 5. The number of nitrogens with two attached hydrogens (primary N) is 1. The molecule has 0 saturated heterocycles. The van der Waals surface area contributed by atoms with Gasteiger partial charge in [0.1, 0.15) is 12.4 Å². The normalized spacial score (nSPS) is 16.8. The minimum Gasteiger partial charge on any atom is -0.497 e. The van der Waals surface area contributed by atoms with E-state index in [9.17, 15) is 0 Å². The molecule has 0 radical (unpaired) electrons. The zero-order chi connectivity index (χ0) is 20.8. The summed E-state index contributed by atoms with van der Waals surface area (Å²) in [5, 5.41) is 7.91. The van der Waals surface area contributed by atoms with Gasteiger partial charge in [0.2, 0.25) is 17.7 Å². The fourth-order valence-corrected chi connectivity index (χ4v) is 3.95. The topological polar surface area (TPSA) is 94.8 Å². The Morgan fingerprint density at radius 1 is 1.20 bits per heavy atom. The number of rotatable bonds is 3. The van der Waals surface area contributed by atoms with Gasteiger partial charge in [-0.05, 0) is 36.2 Å². The van der Waals surface area contributed by atoms with E-state index in [0.29, 0.717) is 34.7 Å². The molecule has 0 bridgehead atoms. The van der Waals surface area contributed by atoms with Gasteiger partial charge in [-0.15, -0.1) is 5.10 Å². The fourth-order valence-electron chi connectivity index (χ4n) is 3.82. The van der Waals surface area contributed by atoms with Gasteiger partial charge in [0.15, 0.2) is 0 Å². The number of nitrogens with zero attached hydrogens (tertiary/aromatic N) is 2. The monoisotopic (exact) mass is 422 g/mol. The summed E-state index contributed by atoms with van der Waals surface area (Å²) < 4.78 is 17.3. The second-order valence-corrected chi connectivity index (χ2v) is 7.57. The Kier molecular flexibility index (Phi) is 4.40. The first kappa shape index (κ1) is 18.6. The standard InChI is InChI=1S/C22H19ClN4O3/c1-11-17-18-15-8-7-14(28-2)9-16(15)25-21(19(18)20(24)30-22(17)27-26-11)29-10-12-3-5-13(23)6-4-12/h3-9,18H,10,24H2,1-2H3,(H,26,27). The minimum atomic E-state index is -0.203. The van der Waals surface area contributed by atoms with Crippen LogP contribution in [0.1, 0.15) is 28.3 Å². The van der Waals surface area contributed by atoms with Crippen molar-refractivity contribution in [3.05, 3.63) is 81.3 Å². The van der Waals surface area contributed by atoms with Gasteiger partial charge in [0.05, 0.1) is 24.3 Å². The lowest BCUT2D eigenvalue weighted by molar-refractivity contribution is 0.285. The first-order valence-electron chi connectivity index (χ1n) is 9.41. The number of hydrogen-bond donors (Lipinski definition) is 2. The highest BCUT2D eigenvalue weighted by molar-refractivity contribution is 6.30. The van der Waals surface area contributed by atoms with Gasteiger partial charge in [-0.2, -0.15) is 0 Å². The molecule has 8 heteroatoms. The zero-order valence-electron chi connectivity index (χ0n) is 16.4. The summed E-state index contributed by atoms with van der Waals surface area (Å²) in [5.41, 5.74) is 11.5. The zero-order valence-corrected chi connectivity index (χ0v) is 17.2. The maximum absolute atomic E-state index is 6.31. The molecular weight excluding hydrogens is 404 g/mol. The Balaban J connectivity index is 1.61. The molecular formula is C22H19ClN4O3.